The summed E-state index contributed by atoms with van der Waals surface area (Å²) in [7, 11) is 0. The van der Waals surface area contributed by atoms with Gasteiger partial charge in [0.2, 0.25) is 0 Å². The van der Waals surface area contributed by atoms with Crippen LogP contribution in [0.2, 0.25) is 0 Å². The van der Waals surface area contributed by atoms with E-state index in [-0.39, 0.29) is 5.56 Å². The zero-order valence-electron chi connectivity index (χ0n) is 8.48. The van der Waals surface area contributed by atoms with Crippen molar-refractivity contribution in [3.05, 3.63) is 44.6 Å². The van der Waals surface area contributed by atoms with Gasteiger partial charge in [-0.15, -0.1) is 11.3 Å². The van der Waals surface area contributed by atoms with Gasteiger partial charge >= 0.3 is 0 Å². The fraction of sp³-hybridized carbons (Fsp3) is 0. The molecule has 3 rings (SSSR count). The highest BCUT2D eigenvalue weighted by atomic mass is 79.9. The van der Waals surface area contributed by atoms with Crippen LogP contribution in [0.1, 0.15) is 0 Å². The van der Waals surface area contributed by atoms with E-state index in [0.29, 0.717) is 5.52 Å². The van der Waals surface area contributed by atoms with Crippen LogP contribution in [0.4, 0.5) is 0 Å². The number of H-pyrrole nitrogens is 1. The molecule has 0 amide bonds. The molecule has 84 valence electrons. The number of rotatable bonds is 1. The molecule has 0 saturated carbocycles. The fourth-order valence-corrected chi connectivity index (χ4v) is 3.02. The second kappa shape index (κ2) is 4.05. The normalized spacial score (nSPS) is 10.9. The largest absolute Gasteiger partial charge is 0.290 e. The molecule has 0 aliphatic rings. The van der Waals surface area contributed by atoms with Gasteiger partial charge in [-0.25, -0.2) is 5.10 Å². The Labute approximate surface area is 108 Å². The summed E-state index contributed by atoms with van der Waals surface area (Å²) in [5.41, 5.74) is 0.908. The molecule has 0 aromatic carbocycles. The van der Waals surface area contributed by atoms with E-state index >= 15 is 0 Å². The van der Waals surface area contributed by atoms with Crippen molar-refractivity contribution in [2.75, 3.05) is 0 Å². The molecule has 3 aromatic rings. The number of hydrogen-bond donors (Lipinski definition) is 1. The average Bonchev–Trinajstić information content (AvgIpc) is 2.77. The Morgan fingerprint density at radius 2 is 2.18 bits per heavy atom. The summed E-state index contributed by atoms with van der Waals surface area (Å²) in [5.74, 6) is 0. The first-order valence-electron chi connectivity index (χ1n) is 4.85. The Morgan fingerprint density at radius 1 is 1.29 bits per heavy atom. The molecule has 0 bridgehead atoms. The molecule has 0 spiro atoms. The molecule has 0 aliphatic heterocycles. The minimum Gasteiger partial charge on any atom is -0.266 e. The first kappa shape index (κ1) is 10.6. The molecule has 6 heteroatoms. The smallest absolute Gasteiger partial charge is 0.266 e. The molecule has 0 radical (unpaired) electrons. The lowest BCUT2D eigenvalue weighted by Gasteiger charge is -2.00. The van der Waals surface area contributed by atoms with Crippen LogP contribution >= 0.6 is 27.3 Å². The van der Waals surface area contributed by atoms with E-state index in [4.69, 9.17) is 0 Å². The van der Waals surface area contributed by atoms with Gasteiger partial charge in [0.05, 0.1) is 8.66 Å². The quantitative estimate of drug-likeness (QED) is 0.752. The molecular weight excluding hydrogens is 302 g/mol. The van der Waals surface area contributed by atoms with Gasteiger partial charge in [-0.3, -0.25) is 9.78 Å². The van der Waals surface area contributed by atoms with Gasteiger partial charge in [-0.2, -0.15) is 5.10 Å². The number of halogens is 1. The summed E-state index contributed by atoms with van der Waals surface area (Å²) in [6, 6.07) is 7.57. The van der Waals surface area contributed by atoms with Gasteiger partial charge < -0.3 is 0 Å². The van der Waals surface area contributed by atoms with E-state index in [1.165, 1.54) is 0 Å². The molecule has 3 heterocycles. The highest BCUT2D eigenvalue weighted by Gasteiger charge is 2.10. The van der Waals surface area contributed by atoms with Crippen molar-refractivity contribution < 1.29 is 0 Å². The van der Waals surface area contributed by atoms with E-state index in [1.807, 2.05) is 18.2 Å². The maximum atomic E-state index is 11.6. The molecular formula is C11H6BrN3OS. The lowest BCUT2D eigenvalue weighted by atomic mass is 10.2. The average molecular weight is 308 g/mol. The molecule has 0 fully saturated rings. The summed E-state index contributed by atoms with van der Waals surface area (Å²) < 4.78 is 1.03. The Balaban J connectivity index is 2.38. The number of aromatic nitrogens is 3. The molecule has 0 atom stereocenters. The van der Waals surface area contributed by atoms with Gasteiger partial charge in [-0.1, -0.05) is 0 Å². The SMILES string of the molecule is O=c1[nH]nc(-c2ccc(Br)s2)c2cccnc12. The fourth-order valence-electron chi connectivity index (χ4n) is 1.63. The van der Waals surface area contributed by atoms with Crippen molar-refractivity contribution in [2.24, 2.45) is 0 Å². The van der Waals surface area contributed by atoms with Gasteiger partial charge in [0.25, 0.3) is 5.56 Å². The molecule has 3 aromatic heterocycles. The van der Waals surface area contributed by atoms with Crippen LogP contribution in [0.25, 0.3) is 21.5 Å². The molecule has 17 heavy (non-hydrogen) atoms. The lowest BCUT2D eigenvalue weighted by Crippen LogP contribution is -2.10. The number of aromatic amines is 1. The standard InChI is InChI=1S/C11H6BrN3OS/c12-8-4-3-7(17-8)9-6-2-1-5-13-10(6)11(16)15-14-9/h1-5H,(H,15,16). The molecule has 0 aliphatic carbocycles. The highest BCUT2D eigenvalue weighted by molar-refractivity contribution is 9.11. The summed E-state index contributed by atoms with van der Waals surface area (Å²) in [6.45, 7) is 0. The van der Waals surface area contributed by atoms with Crippen LogP contribution in [0.3, 0.4) is 0 Å². The number of hydrogen-bond acceptors (Lipinski definition) is 4. The molecule has 1 N–H and O–H groups in total. The van der Waals surface area contributed by atoms with Crippen LogP contribution in [0.15, 0.2) is 39.0 Å². The number of fused-ring (bicyclic) bond motifs is 1. The third kappa shape index (κ3) is 1.79. The summed E-state index contributed by atoms with van der Waals surface area (Å²) in [4.78, 5) is 16.7. The first-order valence-corrected chi connectivity index (χ1v) is 6.46. The van der Waals surface area contributed by atoms with Crippen molar-refractivity contribution in [2.45, 2.75) is 0 Å². The Kier molecular flexibility index (Phi) is 2.53. The number of nitrogens with zero attached hydrogens (tertiary/aromatic N) is 2. The second-order valence-electron chi connectivity index (χ2n) is 3.40. The van der Waals surface area contributed by atoms with Crippen molar-refractivity contribution in [1.29, 1.82) is 0 Å². The minimum atomic E-state index is -0.264. The van der Waals surface area contributed by atoms with E-state index in [1.54, 1.807) is 23.6 Å². The monoisotopic (exact) mass is 307 g/mol. The number of pyridine rings is 1. The summed E-state index contributed by atoms with van der Waals surface area (Å²) in [5, 5.41) is 7.35. The lowest BCUT2D eigenvalue weighted by molar-refractivity contribution is 1.01. The zero-order valence-corrected chi connectivity index (χ0v) is 10.9. The maximum Gasteiger partial charge on any atom is 0.290 e. The summed E-state index contributed by atoms with van der Waals surface area (Å²) >= 11 is 4.98. The van der Waals surface area contributed by atoms with Crippen molar-refractivity contribution in [1.82, 2.24) is 15.2 Å². The van der Waals surface area contributed by atoms with E-state index in [2.05, 4.69) is 31.1 Å². The van der Waals surface area contributed by atoms with E-state index in [0.717, 1.165) is 19.7 Å². The topological polar surface area (TPSA) is 58.6 Å². The van der Waals surface area contributed by atoms with Crippen molar-refractivity contribution >= 4 is 38.2 Å². The predicted molar refractivity (Wildman–Crippen MR) is 71.2 cm³/mol. The molecule has 4 nitrogen and oxygen atoms in total. The molecule has 0 saturated heterocycles. The number of nitrogens with one attached hydrogen (secondary N) is 1. The van der Waals surface area contributed by atoms with E-state index < -0.39 is 0 Å². The second-order valence-corrected chi connectivity index (χ2v) is 5.87. The summed E-state index contributed by atoms with van der Waals surface area (Å²) in [6.07, 6.45) is 1.60. The van der Waals surface area contributed by atoms with Crippen LogP contribution < -0.4 is 5.56 Å². The molecule has 0 unspecified atom stereocenters. The Hall–Kier alpha value is -1.53. The predicted octanol–water partition coefficient (Wildman–Crippen LogP) is 2.81. The zero-order chi connectivity index (χ0) is 11.8. The van der Waals surface area contributed by atoms with Gasteiger partial charge in [0, 0.05) is 11.6 Å². The van der Waals surface area contributed by atoms with Crippen LogP contribution in [-0.4, -0.2) is 15.2 Å². The van der Waals surface area contributed by atoms with Crippen LogP contribution in [0, 0.1) is 0 Å². The Morgan fingerprint density at radius 3 is 2.94 bits per heavy atom. The highest BCUT2D eigenvalue weighted by Crippen LogP contribution is 2.32. The van der Waals surface area contributed by atoms with Gasteiger partial charge in [0.15, 0.2) is 0 Å². The first-order chi connectivity index (χ1) is 8.25. The van der Waals surface area contributed by atoms with Gasteiger partial charge in [0.1, 0.15) is 11.2 Å². The van der Waals surface area contributed by atoms with Gasteiger partial charge in [-0.05, 0) is 40.2 Å². The van der Waals surface area contributed by atoms with Crippen molar-refractivity contribution in [3.63, 3.8) is 0 Å². The van der Waals surface area contributed by atoms with Crippen molar-refractivity contribution in [3.8, 4) is 10.6 Å². The Bertz CT molecular complexity index is 750. The third-order valence-electron chi connectivity index (χ3n) is 2.35. The number of thiophene rings is 1. The van der Waals surface area contributed by atoms with Crippen LogP contribution in [0.5, 0.6) is 0 Å². The minimum absolute atomic E-state index is 0.264. The van der Waals surface area contributed by atoms with E-state index in [9.17, 15) is 4.79 Å². The third-order valence-corrected chi connectivity index (χ3v) is 3.98. The van der Waals surface area contributed by atoms with Crippen LogP contribution in [-0.2, 0) is 0 Å². The maximum absolute atomic E-state index is 11.6.